The summed E-state index contributed by atoms with van der Waals surface area (Å²) in [6, 6.07) is 6.93. The zero-order valence-electron chi connectivity index (χ0n) is 15.8. The Morgan fingerprint density at radius 1 is 1.11 bits per heavy atom. The molecule has 0 aliphatic carbocycles. The summed E-state index contributed by atoms with van der Waals surface area (Å²) in [5.74, 6) is -0.448. The Balaban J connectivity index is 1.30. The number of nitrogens with zero attached hydrogens (tertiary/aromatic N) is 3. The smallest absolute Gasteiger partial charge is 0.227 e. The van der Waals surface area contributed by atoms with Gasteiger partial charge in [0, 0.05) is 38.6 Å². The summed E-state index contributed by atoms with van der Waals surface area (Å²) in [6.07, 6.45) is 4.95. The summed E-state index contributed by atoms with van der Waals surface area (Å²) in [7, 11) is 0. The molecule has 3 fully saturated rings. The number of amides is 2. The first kappa shape index (κ1) is 18.4. The fraction of sp³-hybridized carbons (Fsp3) is 0.619. The van der Waals surface area contributed by atoms with Gasteiger partial charge in [0.1, 0.15) is 5.82 Å². The van der Waals surface area contributed by atoms with E-state index in [9.17, 15) is 14.0 Å². The van der Waals surface area contributed by atoms with Crippen LogP contribution >= 0.6 is 0 Å². The van der Waals surface area contributed by atoms with Crippen LogP contribution in [0, 0.1) is 11.7 Å². The van der Waals surface area contributed by atoms with Crippen LogP contribution < -0.4 is 0 Å². The third-order valence-electron chi connectivity index (χ3n) is 6.26. The number of halogens is 1. The van der Waals surface area contributed by atoms with E-state index in [-0.39, 0.29) is 30.0 Å². The Morgan fingerprint density at radius 3 is 2.56 bits per heavy atom. The summed E-state index contributed by atoms with van der Waals surface area (Å²) in [6.45, 7) is 4.82. The van der Waals surface area contributed by atoms with E-state index >= 15 is 0 Å². The molecule has 3 aliphatic heterocycles. The van der Waals surface area contributed by atoms with Gasteiger partial charge >= 0.3 is 0 Å². The first-order valence-electron chi connectivity index (χ1n) is 10.2. The van der Waals surface area contributed by atoms with E-state index in [1.54, 1.807) is 11.0 Å². The van der Waals surface area contributed by atoms with Gasteiger partial charge in [-0.3, -0.25) is 9.59 Å². The van der Waals surface area contributed by atoms with Crippen molar-refractivity contribution >= 4 is 11.8 Å². The van der Waals surface area contributed by atoms with E-state index in [1.165, 1.54) is 38.1 Å². The number of carbonyl (C=O) groups excluding carboxylic acids is 2. The summed E-state index contributed by atoms with van der Waals surface area (Å²) in [4.78, 5) is 31.5. The Kier molecular flexibility index (Phi) is 5.43. The molecule has 0 radical (unpaired) electrons. The van der Waals surface area contributed by atoms with Crippen molar-refractivity contribution in [3.63, 3.8) is 0 Å². The molecule has 1 atom stereocenters. The van der Waals surface area contributed by atoms with Crippen LogP contribution in [-0.2, 0) is 16.1 Å². The molecule has 6 heteroatoms. The third kappa shape index (κ3) is 4.15. The molecule has 0 spiro atoms. The van der Waals surface area contributed by atoms with Crippen molar-refractivity contribution in [2.45, 2.75) is 44.7 Å². The number of piperidine rings is 1. The van der Waals surface area contributed by atoms with Gasteiger partial charge in [-0.15, -0.1) is 0 Å². The summed E-state index contributed by atoms with van der Waals surface area (Å²) in [5.41, 5.74) is 0.767. The van der Waals surface area contributed by atoms with E-state index in [2.05, 4.69) is 4.90 Å². The molecular weight excluding hydrogens is 345 g/mol. The second-order valence-electron chi connectivity index (χ2n) is 8.10. The van der Waals surface area contributed by atoms with Crippen LogP contribution in [0.4, 0.5) is 4.39 Å². The number of likely N-dealkylation sites (tertiary alicyclic amines) is 3. The predicted octanol–water partition coefficient (Wildman–Crippen LogP) is 2.26. The molecule has 5 nitrogen and oxygen atoms in total. The monoisotopic (exact) mass is 373 g/mol. The molecule has 0 N–H and O–H groups in total. The van der Waals surface area contributed by atoms with E-state index in [0.29, 0.717) is 19.1 Å². The Labute approximate surface area is 160 Å². The fourth-order valence-corrected chi connectivity index (χ4v) is 4.76. The van der Waals surface area contributed by atoms with Gasteiger partial charge in [-0.2, -0.15) is 0 Å². The van der Waals surface area contributed by atoms with Crippen molar-refractivity contribution in [2.75, 3.05) is 32.7 Å². The van der Waals surface area contributed by atoms with Crippen molar-refractivity contribution in [1.82, 2.24) is 14.7 Å². The highest BCUT2D eigenvalue weighted by molar-refractivity contribution is 5.89. The maximum Gasteiger partial charge on any atom is 0.227 e. The van der Waals surface area contributed by atoms with Gasteiger partial charge in [0.15, 0.2) is 0 Å². The Morgan fingerprint density at radius 2 is 1.85 bits per heavy atom. The molecule has 4 rings (SSSR count). The van der Waals surface area contributed by atoms with Gasteiger partial charge in [-0.25, -0.2) is 4.39 Å². The molecule has 146 valence electrons. The second-order valence-corrected chi connectivity index (χ2v) is 8.10. The topological polar surface area (TPSA) is 43.9 Å². The van der Waals surface area contributed by atoms with Crippen molar-refractivity contribution in [1.29, 1.82) is 0 Å². The van der Waals surface area contributed by atoms with Crippen molar-refractivity contribution < 1.29 is 14.0 Å². The van der Waals surface area contributed by atoms with E-state index in [0.717, 1.165) is 31.5 Å². The van der Waals surface area contributed by atoms with Gasteiger partial charge in [0.05, 0.1) is 5.92 Å². The highest BCUT2D eigenvalue weighted by Gasteiger charge is 2.38. The van der Waals surface area contributed by atoms with Gasteiger partial charge in [0.2, 0.25) is 11.8 Å². The number of hydrogen-bond acceptors (Lipinski definition) is 3. The molecule has 0 bridgehead atoms. The zero-order valence-corrected chi connectivity index (χ0v) is 15.8. The molecule has 1 aromatic carbocycles. The Bertz CT molecular complexity index is 696. The number of rotatable bonds is 4. The molecule has 27 heavy (non-hydrogen) atoms. The van der Waals surface area contributed by atoms with Crippen LogP contribution in [0.15, 0.2) is 24.3 Å². The second kappa shape index (κ2) is 7.97. The minimum Gasteiger partial charge on any atom is -0.342 e. The van der Waals surface area contributed by atoms with Crippen LogP contribution in [0.2, 0.25) is 0 Å². The molecular formula is C21H28FN3O2. The lowest BCUT2D eigenvalue weighted by atomic mass is 10.0. The predicted molar refractivity (Wildman–Crippen MR) is 100 cm³/mol. The van der Waals surface area contributed by atoms with Crippen LogP contribution in [0.25, 0.3) is 0 Å². The van der Waals surface area contributed by atoms with Crippen LogP contribution in [0.3, 0.4) is 0 Å². The number of carbonyl (C=O) groups is 2. The SMILES string of the molecule is O=C1C[C@H](C(=O)N2CCC(N3CCCC3)CC2)CN1Cc1cccc(F)c1. The van der Waals surface area contributed by atoms with E-state index < -0.39 is 0 Å². The average Bonchev–Trinajstić information content (AvgIpc) is 3.32. The molecule has 1 aromatic rings. The summed E-state index contributed by atoms with van der Waals surface area (Å²) >= 11 is 0. The maximum absolute atomic E-state index is 13.4. The summed E-state index contributed by atoms with van der Waals surface area (Å²) in [5, 5.41) is 0. The lowest BCUT2D eigenvalue weighted by Gasteiger charge is -2.37. The standard InChI is InChI=1S/C21H28FN3O2/c22-18-5-3-4-16(12-18)14-25-15-17(13-20(25)26)21(27)24-10-6-19(7-11-24)23-8-1-2-9-23/h3-5,12,17,19H,1-2,6-11,13-15H2/t17-/m0/s1. The fourth-order valence-electron chi connectivity index (χ4n) is 4.76. The van der Waals surface area contributed by atoms with Gasteiger partial charge < -0.3 is 14.7 Å². The molecule has 2 amide bonds. The van der Waals surface area contributed by atoms with Crippen LogP contribution in [0.5, 0.6) is 0 Å². The number of benzene rings is 1. The van der Waals surface area contributed by atoms with Crippen molar-refractivity contribution in [3.8, 4) is 0 Å². The van der Waals surface area contributed by atoms with Crippen LogP contribution in [0.1, 0.15) is 37.7 Å². The summed E-state index contributed by atoms with van der Waals surface area (Å²) < 4.78 is 13.4. The molecule has 3 saturated heterocycles. The zero-order chi connectivity index (χ0) is 18.8. The highest BCUT2D eigenvalue weighted by Crippen LogP contribution is 2.26. The van der Waals surface area contributed by atoms with Gasteiger partial charge in [-0.05, 0) is 56.5 Å². The van der Waals surface area contributed by atoms with E-state index in [1.807, 2.05) is 11.0 Å². The van der Waals surface area contributed by atoms with Crippen molar-refractivity contribution in [2.24, 2.45) is 5.92 Å². The first-order valence-corrected chi connectivity index (χ1v) is 10.2. The molecule has 0 saturated carbocycles. The average molecular weight is 373 g/mol. The normalized spacial score (nSPS) is 24.8. The lowest BCUT2D eigenvalue weighted by molar-refractivity contribution is -0.137. The van der Waals surface area contributed by atoms with E-state index in [4.69, 9.17) is 0 Å². The molecule has 0 aromatic heterocycles. The minimum absolute atomic E-state index is 0.00966. The van der Waals surface area contributed by atoms with Crippen LogP contribution in [-0.4, -0.2) is 65.3 Å². The molecule has 0 unspecified atom stereocenters. The minimum atomic E-state index is -0.298. The molecule has 3 heterocycles. The maximum atomic E-state index is 13.4. The highest BCUT2D eigenvalue weighted by atomic mass is 19.1. The largest absolute Gasteiger partial charge is 0.342 e. The van der Waals surface area contributed by atoms with Gasteiger partial charge in [-0.1, -0.05) is 12.1 Å². The Hall–Kier alpha value is -1.95. The molecule has 3 aliphatic rings. The lowest BCUT2D eigenvalue weighted by Crippen LogP contribution is -2.47. The van der Waals surface area contributed by atoms with Crippen molar-refractivity contribution in [3.05, 3.63) is 35.6 Å². The first-order chi connectivity index (χ1) is 13.1. The quantitative estimate of drug-likeness (QED) is 0.813. The van der Waals surface area contributed by atoms with Gasteiger partial charge in [0.25, 0.3) is 0 Å². The number of hydrogen-bond donors (Lipinski definition) is 0. The third-order valence-corrected chi connectivity index (χ3v) is 6.26.